The van der Waals surface area contributed by atoms with Crippen LogP contribution < -0.4 is 16.0 Å². The second-order valence-electron chi connectivity index (χ2n) is 8.66. The number of primary amides is 1. The first-order valence-electron chi connectivity index (χ1n) is 11.9. The van der Waals surface area contributed by atoms with Crippen molar-refractivity contribution in [3.8, 4) is 11.4 Å². The zero-order chi connectivity index (χ0) is 26.4. The molecular formula is C26H26N8O3. The molecule has 0 saturated heterocycles. The molecule has 188 valence electrons. The van der Waals surface area contributed by atoms with Crippen molar-refractivity contribution < 1.29 is 14.4 Å². The van der Waals surface area contributed by atoms with Gasteiger partial charge in [-0.1, -0.05) is 47.4 Å². The van der Waals surface area contributed by atoms with Crippen molar-refractivity contribution in [1.82, 2.24) is 15.3 Å². The van der Waals surface area contributed by atoms with Crippen LogP contribution in [0.3, 0.4) is 0 Å². The summed E-state index contributed by atoms with van der Waals surface area (Å²) in [6.07, 6.45) is 2.25. The molecule has 0 saturated carbocycles. The van der Waals surface area contributed by atoms with Crippen LogP contribution in [0.5, 0.6) is 0 Å². The zero-order valence-electron chi connectivity index (χ0n) is 20.3. The molecule has 0 bridgehead atoms. The standard InChI is InChI=1S/C26H26N8O3/c1-16-8-10-17(11-9-16)24-31-22(23(27)36)20-15-21(35)34(25(20)32-24)19-7-5-6-18(14-19)26(37)29-12-3-2-4-13-30-33-28/h5-11,14H,2-4,12-13,15H2,1H3,(H2,27,36)(H,29,37). The summed E-state index contributed by atoms with van der Waals surface area (Å²) in [6, 6.07) is 14.1. The Balaban J connectivity index is 1.59. The van der Waals surface area contributed by atoms with E-state index in [-0.39, 0.29) is 35.6 Å². The Morgan fingerprint density at radius 2 is 1.92 bits per heavy atom. The predicted molar refractivity (Wildman–Crippen MR) is 138 cm³/mol. The van der Waals surface area contributed by atoms with Crippen LogP contribution >= 0.6 is 0 Å². The molecule has 0 atom stereocenters. The third kappa shape index (κ3) is 5.74. The number of aromatic nitrogens is 2. The lowest BCUT2D eigenvalue weighted by Crippen LogP contribution is -2.26. The maximum Gasteiger partial charge on any atom is 0.267 e. The summed E-state index contributed by atoms with van der Waals surface area (Å²) in [6.45, 7) is 2.86. The first kappa shape index (κ1) is 25.3. The SMILES string of the molecule is Cc1ccc(-c2nc(C(N)=O)c3c(n2)N(c2cccc(C(=O)NCCCCCN=[N+]=[N-])c2)C(=O)C3)cc1. The molecule has 37 heavy (non-hydrogen) atoms. The van der Waals surface area contributed by atoms with E-state index in [1.54, 1.807) is 24.3 Å². The van der Waals surface area contributed by atoms with E-state index < -0.39 is 5.91 Å². The first-order valence-corrected chi connectivity index (χ1v) is 11.9. The monoisotopic (exact) mass is 498 g/mol. The second-order valence-corrected chi connectivity index (χ2v) is 8.66. The Kier molecular flexibility index (Phi) is 7.75. The fraction of sp³-hybridized carbons (Fsp3) is 0.269. The molecule has 2 heterocycles. The fourth-order valence-corrected chi connectivity index (χ4v) is 4.09. The number of nitrogens with zero attached hydrogens (tertiary/aromatic N) is 6. The van der Waals surface area contributed by atoms with Gasteiger partial charge in [-0.15, -0.1) is 0 Å². The molecule has 0 aliphatic carbocycles. The third-order valence-electron chi connectivity index (χ3n) is 5.97. The van der Waals surface area contributed by atoms with Crippen LogP contribution in [0, 0.1) is 6.92 Å². The Hall–Kier alpha value is -4.76. The number of anilines is 2. The molecule has 3 amide bonds. The van der Waals surface area contributed by atoms with Crippen molar-refractivity contribution in [3.63, 3.8) is 0 Å². The van der Waals surface area contributed by atoms with E-state index in [1.165, 1.54) is 4.90 Å². The second kappa shape index (κ2) is 11.3. The van der Waals surface area contributed by atoms with Gasteiger partial charge in [-0.3, -0.25) is 19.3 Å². The number of aryl methyl sites for hydroxylation is 1. The maximum atomic E-state index is 13.1. The summed E-state index contributed by atoms with van der Waals surface area (Å²) in [7, 11) is 0. The van der Waals surface area contributed by atoms with E-state index in [4.69, 9.17) is 11.3 Å². The Bertz CT molecular complexity index is 1400. The highest BCUT2D eigenvalue weighted by atomic mass is 16.2. The molecule has 4 rings (SSSR count). The Morgan fingerprint density at radius 3 is 2.65 bits per heavy atom. The largest absolute Gasteiger partial charge is 0.364 e. The van der Waals surface area contributed by atoms with Crippen molar-refractivity contribution in [2.24, 2.45) is 10.8 Å². The number of fused-ring (bicyclic) bond motifs is 1. The number of hydrogen-bond donors (Lipinski definition) is 2. The van der Waals surface area contributed by atoms with Gasteiger partial charge in [0.2, 0.25) is 5.91 Å². The molecule has 0 fully saturated rings. The molecule has 3 aromatic rings. The Labute approximate surface area is 213 Å². The number of carbonyl (C=O) groups excluding carboxylic acids is 3. The summed E-state index contributed by atoms with van der Waals surface area (Å²) in [4.78, 5) is 51.1. The van der Waals surface area contributed by atoms with Crippen molar-refractivity contribution >= 4 is 29.2 Å². The van der Waals surface area contributed by atoms with Gasteiger partial charge >= 0.3 is 0 Å². The molecule has 2 aromatic carbocycles. The van der Waals surface area contributed by atoms with Crippen molar-refractivity contribution in [2.45, 2.75) is 32.6 Å². The number of unbranched alkanes of at least 4 members (excludes halogenated alkanes) is 2. The molecule has 11 nitrogen and oxygen atoms in total. The minimum atomic E-state index is -0.741. The highest BCUT2D eigenvalue weighted by Crippen LogP contribution is 2.37. The van der Waals surface area contributed by atoms with Crippen LogP contribution in [0.2, 0.25) is 0 Å². The molecule has 1 aliphatic rings. The van der Waals surface area contributed by atoms with Crippen LogP contribution in [0.15, 0.2) is 53.6 Å². The summed E-state index contributed by atoms with van der Waals surface area (Å²) in [5.74, 6) is -0.757. The highest BCUT2D eigenvalue weighted by molar-refractivity contribution is 6.10. The molecular weight excluding hydrogens is 472 g/mol. The van der Waals surface area contributed by atoms with Crippen LogP contribution in [0.4, 0.5) is 11.5 Å². The van der Waals surface area contributed by atoms with Gasteiger partial charge in [-0.25, -0.2) is 9.97 Å². The quantitative estimate of drug-likeness (QED) is 0.186. The molecule has 11 heteroatoms. The van der Waals surface area contributed by atoms with Crippen LogP contribution in [0.1, 0.15) is 51.2 Å². The number of azide groups is 1. The van der Waals surface area contributed by atoms with Gasteiger partial charge in [0, 0.05) is 34.7 Å². The van der Waals surface area contributed by atoms with Gasteiger partial charge < -0.3 is 11.1 Å². The highest BCUT2D eigenvalue weighted by Gasteiger charge is 2.35. The number of nitrogens with two attached hydrogens (primary N) is 1. The molecule has 0 spiro atoms. The van der Waals surface area contributed by atoms with E-state index in [1.807, 2.05) is 31.2 Å². The van der Waals surface area contributed by atoms with Gasteiger partial charge in [-0.2, -0.15) is 0 Å². The normalized spacial score (nSPS) is 12.1. The number of benzene rings is 2. The van der Waals surface area contributed by atoms with E-state index in [0.717, 1.165) is 24.8 Å². The minimum Gasteiger partial charge on any atom is -0.364 e. The average Bonchev–Trinajstić information content (AvgIpc) is 3.23. The summed E-state index contributed by atoms with van der Waals surface area (Å²) in [5.41, 5.74) is 16.9. The first-order chi connectivity index (χ1) is 17.9. The number of carbonyl (C=O) groups is 3. The molecule has 1 aromatic heterocycles. The topological polar surface area (TPSA) is 167 Å². The number of nitrogens with one attached hydrogen (secondary N) is 1. The van der Waals surface area contributed by atoms with E-state index >= 15 is 0 Å². The fourth-order valence-electron chi connectivity index (χ4n) is 4.09. The number of hydrogen-bond acceptors (Lipinski definition) is 6. The lowest BCUT2D eigenvalue weighted by atomic mass is 10.1. The van der Waals surface area contributed by atoms with E-state index in [0.29, 0.717) is 35.5 Å². The van der Waals surface area contributed by atoms with Gasteiger partial charge in [0.1, 0.15) is 11.5 Å². The molecule has 1 aliphatic heterocycles. The smallest absolute Gasteiger partial charge is 0.267 e. The van der Waals surface area contributed by atoms with Crippen molar-refractivity contribution in [3.05, 3.63) is 81.4 Å². The summed E-state index contributed by atoms with van der Waals surface area (Å²) < 4.78 is 0. The number of amides is 3. The summed E-state index contributed by atoms with van der Waals surface area (Å²) in [5, 5.41) is 6.35. The van der Waals surface area contributed by atoms with E-state index in [9.17, 15) is 14.4 Å². The van der Waals surface area contributed by atoms with Crippen LogP contribution in [-0.2, 0) is 11.2 Å². The summed E-state index contributed by atoms with van der Waals surface area (Å²) >= 11 is 0. The molecule has 0 unspecified atom stereocenters. The lowest BCUT2D eigenvalue weighted by molar-refractivity contribution is -0.116. The Morgan fingerprint density at radius 1 is 1.14 bits per heavy atom. The zero-order valence-corrected chi connectivity index (χ0v) is 20.3. The van der Waals surface area contributed by atoms with Crippen LogP contribution in [0.25, 0.3) is 21.8 Å². The lowest BCUT2D eigenvalue weighted by Gasteiger charge is -2.18. The van der Waals surface area contributed by atoms with Crippen LogP contribution in [-0.4, -0.2) is 40.8 Å². The van der Waals surface area contributed by atoms with Gasteiger partial charge in [-0.05, 0) is 43.5 Å². The van der Waals surface area contributed by atoms with Gasteiger partial charge in [0.15, 0.2) is 5.82 Å². The van der Waals surface area contributed by atoms with Crippen molar-refractivity contribution in [1.29, 1.82) is 0 Å². The molecule has 3 N–H and O–H groups in total. The maximum absolute atomic E-state index is 13.1. The van der Waals surface area contributed by atoms with Gasteiger partial charge in [0.25, 0.3) is 11.8 Å². The number of rotatable bonds is 10. The van der Waals surface area contributed by atoms with Gasteiger partial charge in [0.05, 0.1) is 12.1 Å². The minimum absolute atomic E-state index is 0.00535. The van der Waals surface area contributed by atoms with E-state index in [2.05, 4.69) is 25.3 Å². The predicted octanol–water partition coefficient (Wildman–Crippen LogP) is 3.98. The molecule has 0 radical (unpaired) electrons. The average molecular weight is 499 g/mol. The third-order valence-corrected chi connectivity index (χ3v) is 5.97. The van der Waals surface area contributed by atoms with Crippen molar-refractivity contribution in [2.75, 3.05) is 18.0 Å².